The van der Waals surface area contributed by atoms with Crippen LogP contribution in [0, 0.1) is 17.8 Å². The molecule has 0 heterocycles. The van der Waals surface area contributed by atoms with Gasteiger partial charge in [-0.15, -0.1) is 0 Å². The summed E-state index contributed by atoms with van der Waals surface area (Å²) in [4.78, 5) is 258. The predicted octanol–water partition coefficient (Wildman–Crippen LogP) is -17.1. The molecular weight excluding hydrogens is 1680 g/mol. The van der Waals surface area contributed by atoms with Crippen molar-refractivity contribution in [2.75, 3.05) is 59.2 Å². The van der Waals surface area contributed by atoms with E-state index in [2.05, 4.69) is 107 Å². The maximum Gasteiger partial charge on any atom is 0.567 e. The van der Waals surface area contributed by atoms with Crippen molar-refractivity contribution in [3.8, 4) is 0 Å². The van der Waals surface area contributed by atoms with Crippen LogP contribution in [0.4, 0.5) is 0 Å². The molecule has 0 aliphatic rings. The van der Waals surface area contributed by atoms with E-state index in [0.717, 1.165) is 0 Å². The first-order valence-corrected chi connectivity index (χ1v) is 43.6. The highest BCUT2D eigenvalue weighted by Crippen LogP contribution is 2.45. The Morgan fingerprint density at radius 1 is 0.373 bits per heavy atom. The molecule has 15 amide bonds. The topological polar surface area (TPSA) is 861 Å². The molecule has 0 aromatic heterocycles. The minimum Gasteiger partial charge on any atom is -0.480 e. The lowest BCUT2D eigenvalue weighted by Gasteiger charge is -2.29. The number of benzene rings is 1. The third kappa shape index (κ3) is 46.5. The average Bonchev–Trinajstić information content (AvgIpc) is 0.853. The highest BCUT2D eigenvalue weighted by atomic mass is 31.2. The van der Waals surface area contributed by atoms with Gasteiger partial charge < -0.3 is 124 Å². The zero-order chi connectivity index (χ0) is 95.5. The second-order valence-corrected chi connectivity index (χ2v) is 33.0. The first-order valence-electron chi connectivity index (χ1n) is 42.1. The summed E-state index contributed by atoms with van der Waals surface area (Å²) in [6.07, 6.45) is -0.202. The molecule has 0 radical (unpaired) electrons. The van der Waals surface area contributed by atoms with Crippen LogP contribution in [0.2, 0.25) is 0 Å². The number of carbonyl (C=O) groups excluding carboxylic acids is 15. The summed E-state index contributed by atoms with van der Waals surface area (Å²) in [5.74, 6) is -18.7. The fourth-order valence-electron chi connectivity index (χ4n) is 12.3. The largest absolute Gasteiger partial charge is 0.567 e. The summed E-state index contributed by atoms with van der Waals surface area (Å²) in [5, 5.41) is 75.5. The molecule has 49 nitrogen and oxygen atoms in total. The molecule has 45 N–H and O–H groups in total. The molecule has 0 aliphatic carbocycles. The first kappa shape index (κ1) is 113. The zero-order valence-electron chi connectivity index (χ0n) is 73.1. The van der Waals surface area contributed by atoms with E-state index in [0.29, 0.717) is 44.5 Å². The standard InChI is InChI=1S/C76H136N25O24P/c1-40(2)33-51(67(113)90-48(24-17-31-86-75(82)83)62(108)92-50(26-27-58(81)105)65(111)99-56(38-104)71(117)96-53(74(120)121)35-44-19-9-8-10-20-44)94-70(116)55(37-103)98-63(109)46(22-12-15-29-78)88-61(107)45(21-11-14-28-77)89-68(114)52(34-41(3)4)95-72(118)57(39-125-126(122,123)124)100-64(110)47(23-13-16-30-79)93-73(119)59(42(5)6)101-66(112)49(25-18-32-87-76(84)85)91-69(115)54(36-102)97-60(106)43(7)80/h8-10,19-20,40-43,45-57,59,102-104,122-124H,11-18,21-39,77-80H2,1-7H3,(H24-,81,82,83,84,85,86,87,88,89,90,91,92,93,94,95,96,97,98,99,100,101,105,106,107,108,109,110,111,112,113,114,115,116,117,118,119,120,121)/p+7/t43-,45-,46-,47-,48-,49-,50-,51-,52-,53-,54-,55-,56-,57-,59-/m0/s1. The highest BCUT2D eigenvalue weighted by molar-refractivity contribution is 7.53. The fraction of sp³-hybridized carbons (Fsp3) is 0.684. The van der Waals surface area contributed by atoms with Crippen LogP contribution in [0.3, 0.4) is 0 Å². The van der Waals surface area contributed by atoms with Crippen LogP contribution >= 0.6 is 8.17 Å². The zero-order valence-corrected chi connectivity index (χ0v) is 74.0. The minimum absolute atomic E-state index is 0.0201. The minimum atomic E-state index is -5.21. The quantitative estimate of drug-likeness (QED) is 0.0125. The van der Waals surface area contributed by atoms with Crippen LogP contribution in [-0.4, -0.2) is 291 Å². The molecule has 1 aromatic carbocycles. The molecule has 0 saturated heterocycles. The Kier molecular flexibility index (Phi) is 54.7. The summed E-state index contributed by atoms with van der Waals surface area (Å²) < 4.78 is 4.85. The number of primary amides is 1. The molecule has 0 fully saturated rings. The molecule has 0 bridgehead atoms. The summed E-state index contributed by atoms with van der Waals surface area (Å²) in [6, 6.07) is -15.3. The monoisotopic (exact) mass is 1820 g/mol. The van der Waals surface area contributed by atoms with Gasteiger partial charge in [-0.05, 0) is 133 Å². The second kappa shape index (κ2) is 60.8. The number of quaternary nitrogens is 4. The van der Waals surface area contributed by atoms with Gasteiger partial charge in [0.15, 0.2) is 6.04 Å². The number of hydrogen-bond donors (Lipinski definition) is 32. The predicted molar refractivity (Wildman–Crippen MR) is 452 cm³/mol. The van der Waals surface area contributed by atoms with Crippen LogP contribution in [0.15, 0.2) is 30.3 Å². The van der Waals surface area contributed by atoms with Crippen molar-refractivity contribution in [1.82, 2.24) is 74.4 Å². The van der Waals surface area contributed by atoms with Crippen molar-refractivity contribution >= 4 is 115 Å². The average molecular weight is 1820 g/mol. The SMILES string of the molecule is CC(C)C[C@H](NC(=O)[C@H](CO)NC(=O)[C@H](CCCC[NH3+])NC(=O)[C@H](CCCC[NH3+])NC(=O)[C@H](CC(C)C)NC(=O)[C@H](CO[P+](O)(O)O)NC(=O)[C@H](CCCC[NH3+])NC(=O)[C@@H](NC(=O)[C@H](CCC[NH+]=C(N)N)NC(=O)[C@H](CO)NC(=O)[C@H](C)[NH3+])C(C)C)C(=O)N[C@@H](CCC[NH+]=C(N)N)C(=O)N[C@@H](CCC(N)=O)C(=O)N[C@@H](CO)C(=O)N[C@@H](Cc1ccccc1)C(=O)O. The van der Waals surface area contributed by atoms with Crippen molar-refractivity contribution in [3.05, 3.63) is 35.9 Å². The number of amides is 15. The van der Waals surface area contributed by atoms with E-state index in [1.807, 2.05) is 0 Å². The van der Waals surface area contributed by atoms with Gasteiger partial charge in [0.05, 0.1) is 52.5 Å². The summed E-state index contributed by atoms with van der Waals surface area (Å²) in [5.41, 5.74) is 43.3. The molecule has 15 atom stereocenters. The number of aliphatic hydroxyl groups is 3. The van der Waals surface area contributed by atoms with Gasteiger partial charge in [0.1, 0.15) is 91.2 Å². The smallest absolute Gasteiger partial charge is 0.480 e. The van der Waals surface area contributed by atoms with Crippen LogP contribution < -0.4 is 136 Å². The number of guanidine groups is 2. The molecular formula is C76H143N25O24P+7. The maximum atomic E-state index is 14.7. The van der Waals surface area contributed by atoms with Gasteiger partial charge in [-0.1, -0.05) is 71.9 Å². The van der Waals surface area contributed by atoms with Gasteiger partial charge in [-0.2, -0.15) is 19.2 Å². The second-order valence-electron chi connectivity index (χ2n) is 31.7. The maximum absolute atomic E-state index is 14.7. The van der Waals surface area contributed by atoms with E-state index in [4.69, 9.17) is 33.2 Å². The molecule has 50 heteroatoms. The highest BCUT2D eigenvalue weighted by Gasteiger charge is 2.42. The lowest BCUT2D eigenvalue weighted by Crippen LogP contribution is -2.78. The van der Waals surface area contributed by atoms with Crippen molar-refractivity contribution in [3.63, 3.8) is 0 Å². The van der Waals surface area contributed by atoms with Gasteiger partial charge in [0.25, 0.3) is 5.91 Å². The molecule has 714 valence electrons. The van der Waals surface area contributed by atoms with E-state index >= 15 is 0 Å². The van der Waals surface area contributed by atoms with E-state index < -0.39 is 250 Å². The third-order valence-corrected chi connectivity index (χ3v) is 19.7. The number of carbonyl (C=O) groups is 16. The van der Waals surface area contributed by atoms with Crippen LogP contribution in [0.5, 0.6) is 0 Å². The third-order valence-electron chi connectivity index (χ3n) is 19.2. The van der Waals surface area contributed by atoms with E-state index in [1.54, 1.807) is 71.9 Å². The summed E-state index contributed by atoms with van der Waals surface area (Å²) >= 11 is 0. The number of nitrogens with one attached hydrogen (secondary N) is 16. The molecule has 1 aromatic rings. The number of aliphatic hydroxyl groups excluding tert-OH is 3. The molecule has 1 rings (SSSR count). The Hall–Kier alpha value is -10.7. The van der Waals surface area contributed by atoms with Crippen LogP contribution in [-0.2, 0) is 87.7 Å². The van der Waals surface area contributed by atoms with E-state index in [9.17, 15) is 112 Å². The summed E-state index contributed by atoms with van der Waals surface area (Å²) in [7, 11) is -5.21. The number of carboxylic acid groups (broad SMARTS) is 1. The Bertz CT molecular complexity index is 3710. The molecule has 0 unspecified atom stereocenters. The molecule has 126 heavy (non-hydrogen) atoms. The van der Waals surface area contributed by atoms with Crippen LogP contribution in [0.25, 0.3) is 0 Å². The Morgan fingerprint density at radius 2 is 0.659 bits per heavy atom. The Morgan fingerprint density at radius 3 is 0.968 bits per heavy atom. The normalized spacial score (nSPS) is 14.9. The van der Waals surface area contributed by atoms with E-state index in [-0.39, 0.29) is 108 Å². The number of rotatable bonds is 65. The van der Waals surface area contributed by atoms with Gasteiger partial charge in [-0.25, -0.2) is 4.79 Å². The summed E-state index contributed by atoms with van der Waals surface area (Å²) in [6.45, 7) is 8.21. The van der Waals surface area contributed by atoms with Crippen molar-refractivity contribution in [1.29, 1.82) is 0 Å². The van der Waals surface area contributed by atoms with Gasteiger partial charge in [-0.3, -0.25) is 105 Å². The van der Waals surface area contributed by atoms with Gasteiger partial charge in [0.2, 0.25) is 82.7 Å². The van der Waals surface area contributed by atoms with E-state index in [1.165, 1.54) is 6.92 Å². The lowest BCUT2D eigenvalue weighted by molar-refractivity contribution is -0.460. The lowest BCUT2D eigenvalue weighted by atomic mass is 10.00. The Balaban J connectivity index is 3.78. The van der Waals surface area contributed by atoms with Crippen molar-refractivity contribution in [2.45, 2.75) is 255 Å². The number of carboxylic acids is 1. The van der Waals surface area contributed by atoms with Gasteiger partial charge >= 0.3 is 26.1 Å². The Labute approximate surface area is 731 Å². The number of aliphatic carboxylic acids is 1. The number of nitrogens with two attached hydrogens (primary N) is 5. The first-order chi connectivity index (χ1) is 59.3. The van der Waals surface area contributed by atoms with Crippen LogP contribution in [0.1, 0.15) is 163 Å². The van der Waals surface area contributed by atoms with Crippen molar-refractivity contribution in [2.24, 2.45) is 46.4 Å². The molecule has 0 spiro atoms. The van der Waals surface area contributed by atoms with Gasteiger partial charge in [0, 0.05) is 12.8 Å². The number of hydrogen-bond acceptors (Lipinski definition) is 23. The molecule has 0 saturated carbocycles. The number of unbranched alkanes of at least 4 members (excludes halogenated alkanes) is 3. The fourth-order valence-corrected chi connectivity index (χ4v) is 12.7. The van der Waals surface area contributed by atoms with Crippen molar-refractivity contribution < 1.29 is 149 Å². The molecule has 0 aliphatic heterocycles.